The Morgan fingerprint density at radius 2 is 2.10 bits per heavy atom. The van der Waals surface area contributed by atoms with E-state index in [1.165, 1.54) is 6.07 Å². The second-order valence-corrected chi connectivity index (χ2v) is 6.28. The number of piperazine rings is 1. The van der Waals surface area contributed by atoms with Gasteiger partial charge in [-0.3, -0.25) is 9.80 Å². The molecule has 112 valence electrons. The molecule has 0 spiro atoms. The van der Waals surface area contributed by atoms with Crippen LogP contribution in [0.5, 0.6) is 0 Å². The Morgan fingerprint density at radius 3 is 2.75 bits per heavy atom. The number of benzene rings is 1. The average molecular weight is 344 g/mol. The van der Waals surface area contributed by atoms with E-state index in [2.05, 4.69) is 45.0 Å². The minimum Gasteiger partial charge on any atom is -0.314 e. The molecule has 1 atom stereocenters. The second kappa shape index (κ2) is 7.50. The van der Waals surface area contributed by atoms with E-state index in [4.69, 9.17) is 0 Å². The molecule has 5 heteroatoms. The lowest BCUT2D eigenvalue weighted by Crippen LogP contribution is -2.46. The fraction of sp³-hybridized carbons (Fsp3) is 0.600. The van der Waals surface area contributed by atoms with Gasteiger partial charge in [0.15, 0.2) is 0 Å². The number of halogens is 2. The fourth-order valence-electron chi connectivity index (χ4n) is 2.45. The Balaban J connectivity index is 1.87. The van der Waals surface area contributed by atoms with Gasteiger partial charge in [0.2, 0.25) is 0 Å². The Kier molecular flexibility index (Phi) is 5.96. The van der Waals surface area contributed by atoms with Crippen LogP contribution in [0.4, 0.5) is 4.39 Å². The van der Waals surface area contributed by atoms with Gasteiger partial charge in [0.25, 0.3) is 0 Å². The van der Waals surface area contributed by atoms with E-state index >= 15 is 0 Å². The summed E-state index contributed by atoms with van der Waals surface area (Å²) in [6.07, 6.45) is 0. The first kappa shape index (κ1) is 15.9. The highest BCUT2D eigenvalue weighted by atomic mass is 79.9. The molecule has 0 bridgehead atoms. The predicted molar refractivity (Wildman–Crippen MR) is 84.5 cm³/mol. The Hall–Kier alpha value is -0.490. The highest BCUT2D eigenvalue weighted by molar-refractivity contribution is 9.10. The topological polar surface area (TPSA) is 18.5 Å². The molecular formula is C15H23BrFN3. The first-order valence-electron chi connectivity index (χ1n) is 7.16. The molecule has 0 radical (unpaired) electrons. The monoisotopic (exact) mass is 343 g/mol. The van der Waals surface area contributed by atoms with Gasteiger partial charge in [-0.1, -0.05) is 6.07 Å². The summed E-state index contributed by atoms with van der Waals surface area (Å²) < 4.78 is 13.8. The first-order chi connectivity index (χ1) is 9.58. The summed E-state index contributed by atoms with van der Waals surface area (Å²) in [7, 11) is 2.13. The van der Waals surface area contributed by atoms with E-state index in [9.17, 15) is 4.39 Å². The molecule has 0 amide bonds. The van der Waals surface area contributed by atoms with Crippen molar-refractivity contribution in [2.75, 3.05) is 46.3 Å². The Morgan fingerprint density at radius 1 is 1.40 bits per heavy atom. The van der Waals surface area contributed by atoms with Crippen LogP contribution >= 0.6 is 15.9 Å². The molecule has 0 saturated carbocycles. The molecule has 1 aliphatic heterocycles. The minimum absolute atomic E-state index is 0.204. The zero-order valence-electron chi connectivity index (χ0n) is 12.2. The number of likely N-dealkylation sites (N-methyl/N-ethyl adjacent to an activating group) is 1. The zero-order valence-corrected chi connectivity index (χ0v) is 13.8. The van der Waals surface area contributed by atoms with Crippen LogP contribution in [0, 0.1) is 5.82 Å². The van der Waals surface area contributed by atoms with Gasteiger partial charge in [0, 0.05) is 45.3 Å². The van der Waals surface area contributed by atoms with Gasteiger partial charge in [0.05, 0.1) is 4.47 Å². The minimum atomic E-state index is -0.204. The number of hydrogen-bond acceptors (Lipinski definition) is 3. The highest BCUT2D eigenvalue weighted by Gasteiger charge is 2.15. The molecule has 20 heavy (non-hydrogen) atoms. The molecule has 1 fully saturated rings. The van der Waals surface area contributed by atoms with Crippen LogP contribution in [0.25, 0.3) is 0 Å². The molecule has 1 saturated heterocycles. The Bertz CT molecular complexity index is 435. The maximum atomic E-state index is 13.3. The molecule has 0 aliphatic carbocycles. The molecule has 1 unspecified atom stereocenters. The van der Waals surface area contributed by atoms with Gasteiger partial charge < -0.3 is 5.32 Å². The van der Waals surface area contributed by atoms with E-state index < -0.39 is 0 Å². The highest BCUT2D eigenvalue weighted by Crippen LogP contribution is 2.24. The van der Waals surface area contributed by atoms with Crippen LogP contribution in [0.3, 0.4) is 0 Å². The van der Waals surface area contributed by atoms with Gasteiger partial charge in [0.1, 0.15) is 5.82 Å². The summed E-state index contributed by atoms with van der Waals surface area (Å²) in [6, 6.07) is 5.56. The van der Waals surface area contributed by atoms with Crippen molar-refractivity contribution < 1.29 is 4.39 Å². The number of rotatable bonds is 5. The standard InChI is InChI=1S/C15H23BrFN3/c1-12(13-3-4-15(17)14(16)11-13)19(2)9-10-20-7-5-18-6-8-20/h3-4,11-12,18H,5-10H2,1-2H3. The maximum Gasteiger partial charge on any atom is 0.137 e. The van der Waals surface area contributed by atoms with Crippen molar-refractivity contribution in [2.45, 2.75) is 13.0 Å². The third-order valence-corrected chi connectivity index (χ3v) is 4.67. The van der Waals surface area contributed by atoms with Crippen LogP contribution in [0.2, 0.25) is 0 Å². The maximum absolute atomic E-state index is 13.3. The second-order valence-electron chi connectivity index (χ2n) is 5.42. The van der Waals surface area contributed by atoms with Crippen LogP contribution in [-0.4, -0.2) is 56.1 Å². The predicted octanol–water partition coefficient (Wildman–Crippen LogP) is 2.49. The summed E-state index contributed by atoms with van der Waals surface area (Å²) in [6.45, 7) is 8.71. The third kappa shape index (κ3) is 4.25. The van der Waals surface area contributed by atoms with Crippen molar-refractivity contribution in [2.24, 2.45) is 0 Å². The Labute approximate surface area is 129 Å². The molecule has 3 nitrogen and oxygen atoms in total. The first-order valence-corrected chi connectivity index (χ1v) is 7.95. The third-order valence-electron chi connectivity index (χ3n) is 4.07. The van der Waals surface area contributed by atoms with E-state index in [0.717, 1.165) is 44.8 Å². The number of nitrogens with one attached hydrogen (secondary N) is 1. The zero-order chi connectivity index (χ0) is 14.5. The van der Waals surface area contributed by atoms with E-state index in [-0.39, 0.29) is 11.9 Å². The molecule has 1 aliphatic rings. The smallest absolute Gasteiger partial charge is 0.137 e. The number of nitrogens with zero attached hydrogens (tertiary/aromatic N) is 2. The summed E-state index contributed by atoms with van der Waals surface area (Å²) in [5.74, 6) is -0.204. The lowest BCUT2D eigenvalue weighted by atomic mass is 10.1. The van der Waals surface area contributed by atoms with Crippen molar-refractivity contribution in [3.63, 3.8) is 0 Å². The molecule has 2 rings (SSSR count). The van der Waals surface area contributed by atoms with Crippen molar-refractivity contribution in [1.82, 2.24) is 15.1 Å². The van der Waals surface area contributed by atoms with Crippen LogP contribution < -0.4 is 5.32 Å². The average Bonchev–Trinajstić information content (AvgIpc) is 2.48. The molecule has 1 aromatic carbocycles. The lowest BCUT2D eigenvalue weighted by Gasteiger charge is -2.31. The summed E-state index contributed by atoms with van der Waals surface area (Å²) in [5.41, 5.74) is 1.14. The normalized spacial score (nSPS) is 18.4. The quantitative estimate of drug-likeness (QED) is 0.886. The van der Waals surface area contributed by atoms with Crippen molar-refractivity contribution in [3.05, 3.63) is 34.1 Å². The van der Waals surface area contributed by atoms with Crippen molar-refractivity contribution in [3.8, 4) is 0 Å². The van der Waals surface area contributed by atoms with Gasteiger partial charge >= 0.3 is 0 Å². The number of hydrogen-bond donors (Lipinski definition) is 1. The fourth-order valence-corrected chi connectivity index (χ4v) is 2.85. The van der Waals surface area contributed by atoms with E-state index in [1.54, 1.807) is 0 Å². The SMILES string of the molecule is CC(c1ccc(F)c(Br)c1)N(C)CCN1CCNCC1. The van der Waals surface area contributed by atoms with Crippen LogP contribution in [0.1, 0.15) is 18.5 Å². The van der Waals surface area contributed by atoms with Gasteiger partial charge in [-0.15, -0.1) is 0 Å². The summed E-state index contributed by atoms with van der Waals surface area (Å²) >= 11 is 3.26. The summed E-state index contributed by atoms with van der Waals surface area (Å²) in [4.78, 5) is 4.81. The molecule has 1 aromatic rings. The summed E-state index contributed by atoms with van der Waals surface area (Å²) in [5, 5.41) is 3.37. The van der Waals surface area contributed by atoms with Crippen LogP contribution in [0.15, 0.2) is 22.7 Å². The van der Waals surface area contributed by atoms with Gasteiger partial charge in [-0.05, 0) is 47.6 Å². The molecule has 1 N–H and O–H groups in total. The van der Waals surface area contributed by atoms with E-state index in [0.29, 0.717) is 4.47 Å². The van der Waals surface area contributed by atoms with Crippen LogP contribution in [-0.2, 0) is 0 Å². The molecular weight excluding hydrogens is 321 g/mol. The lowest BCUT2D eigenvalue weighted by molar-refractivity contribution is 0.183. The van der Waals surface area contributed by atoms with Gasteiger partial charge in [-0.25, -0.2) is 4.39 Å². The van der Waals surface area contributed by atoms with Crippen molar-refractivity contribution >= 4 is 15.9 Å². The molecule has 0 aromatic heterocycles. The largest absolute Gasteiger partial charge is 0.314 e. The molecule has 1 heterocycles. The van der Waals surface area contributed by atoms with E-state index in [1.807, 2.05) is 12.1 Å². The van der Waals surface area contributed by atoms with Gasteiger partial charge in [-0.2, -0.15) is 0 Å². The van der Waals surface area contributed by atoms with Crippen molar-refractivity contribution in [1.29, 1.82) is 0 Å².